The van der Waals surface area contributed by atoms with Crippen molar-refractivity contribution in [3.63, 3.8) is 0 Å². The van der Waals surface area contributed by atoms with Gasteiger partial charge in [-0.05, 0) is 53.6 Å². The molecule has 0 bridgehead atoms. The molecule has 1 amide bonds. The Morgan fingerprint density at radius 3 is 2.50 bits per heavy atom. The first-order valence-electron chi connectivity index (χ1n) is 9.64. The van der Waals surface area contributed by atoms with E-state index < -0.39 is 28.3 Å². The Kier molecular flexibility index (Phi) is 6.45. The second-order valence-corrected chi connectivity index (χ2v) is 9.05. The molecule has 0 radical (unpaired) electrons. The maximum Gasteiger partial charge on any atom is 0.251 e. The molecule has 0 saturated heterocycles. The number of halogens is 3. The predicted molar refractivity (Wildman–Crippen MR) is 119 cm³/mol. The van der Waals surface area contributed by atoms with Gasteiger partial charge in [-0.3, -0.25) is 9.59 Å². The molecule has 1 aliphatic rings. The number of benzene rings is 3. The quantitative estimate of drug-likeness (QED) is 0.536. The second kappa shape index (κ2) is 9.28. The highest BCUT2D eigenvalue weighted by atomic mass is 35.5. The largest absolute Gasteiger partial charge is 0.592 e. The zero-order valence-corrected chi connectivity index (χ0v) is 18.1. The van der Waals surface area contributed by atoms with Gasteiger partial charge in [0.25, 0.3) is 5.91 Å². The van der Waals surface area contributed by atoms with Crippen molar-refractivity contribution >= 4 is 40.3 Å². The van der Waals surface area contributed by atoms with E-state index in [9.17, 15) is 22.9 Å². The summed E-state index contributed by atoms with van der Waals surface area (Å²) in [6.07, 6.45) is 0.0961. The predicted octanol–water partition coefficient (Wildman–Crippen LogP) is 4.43. The maximum atomic E-state index is 13.4. The number of rotatable bonds is 5. The van der Waals surface area contributed by atoms with Gasteiger partial charge < -0.3 is 9.87 Å². The number of ketones is 1. The van der Waals surface area contributed by atoms with Crippen LogP contribution in [0.15, 0.2) is 60.7 Å². The van der Waals surface area contributed by atoms with Crippen molar-refractivity contribution in [2.75, 3.05) is 4.72 Å². The topological polar surface area (TPSA) is 81.3 Å². The van der Waals surface area contributed by atoms with E-state index in [0.717, 1.165) is 5.56 Å². The number of hydrogen-bond acceptors (Lipinski definition) is 4. The first-order valence-corrected chi connectivity index (χ1v) is 11.2. The lowest BCUT2D eigenvalue weighted by molar-refractivity contribution is 0.0951. The van der Waals surface area contributed by atoms with Crippen LogP contribution in [-0.4, -0.2) is 21.5 Å². The van der Waals surface area contributed by atoms with Crippen molar-refractivity contribution in [2.24, 2.45) is 0 Å². The Labute approximate surface area is 191 Å². The first kappa shape index (κ1) is 22.3. The van der Waals surface area contributed by atoms with Crippen molar-refractivity contribution in [3.05, 3.63) is 99.6 Å². The molecular weight excluding hydrogens is 458 g/mol. The Morgan fingerprint density at radius 2 is 1.78 bits per heavy atom. The Bertz CT molecular complexity index is 1190. The zero-order valence-electron chi connectivity index (χ0n) is 16.5. The standard InChI is InChI=1S/C23H17ClF2N2O3S/c24-18-9-14(3-7-19(18)26)10-21-22(29)17-11-15(4-8-20(17)28-32(21)31)23(30)27-12-13-1-5-16(25)6-2-13/h1-9,11,21,28H,10,12H2,(H,27,30). The molecule has 3 aromatic rings. The van der Waals surface area contributed by atoms with Crippen LogP contribution < -0.4 is 10.0 Å². The van der Waals surface area contributed by atoms with Gasteiger partial charge in [0, 0.05) is 18.5 Å². The van der Waals surface area contributed by atoms with Crippen LogP contribution in [0.4, 0.5) is 14.5 Å². The number of carbonyl (C=O) groups excluding carboxylic acids is 2. The van der Waals surface area contributed by atoms with Gasteiger partial charge in [-0.25, -0.2) is 13.5 Å². The maximum absolute atomic E-state index is 13.4. The molecule has 4 rings (SSSR count). The van der Waals surface area contributed by atoms with Crippen LogP contribution in [0.25, 0.3) is 0 Å². The molecular formula is C23H17ClF2N2O3S. The normalized spacial score (nSPS) is 17.4. The molecule has 1 aliphatic heterocycles. The first-order chi connectivity index (χ1) is 15.3. The van der Waals surface area contributed by atoms with E-state index >= 15 is 0 Å². The van der Waals surface area contributed by atoms with E-state index in [1.54, 1.807) is 12.1 Å². The summed E-state index contributed by atoms with van der Waals surface area (Å²) in [5.74, 6) is -1.73. The molecule has 164 valence electrons. The van der Waals surface area contributed by atoms with Gasteiger partial charge in [0.15, 0.2) is 0 Å². The molecule has 5 nitrogen and oxygen atoms in total. The van der Waals surface area contributed by atoms with Crippen molar-refractivity contribution in [1.29, 1.82) is 0 Å². The monoisotopic (exact) mass is 474 g/mol. The van der Waals surface area contributed by atoms with Crippen LogP contribution in [0.3, 0.4) is 0 Å². The van der Waals surface area contributed by atoms with Crippen molar-refractivity contribution in [3.8, 4) is 0 Å². The van der Waals surface area contributed by atoms with Crippen LogP contribution in [0, 0.1) is 11.6 Å². The summed E-state index contributed by atoms with van der Waals surface area (Å²) >= 11 is 4.11. The summed E-state index contributed by atoms with van der Waals surface area (Å²) in [7, 11) is 0. The molecule has 3 aromatic carbocycles. The SMILES string of the molecule is O=C(NCc1ccc(F)cc1)c1ccc2c(c1)C(=O)C(Cc1ccc(F)c(Cl)c1)[S+]([O-])N2. The Morgan fingerprint density at radius 1 is 1.06 bits per heavy atom. The minimum atomic E-state index is -1.70. The molecule has 0 spiro atoms. The molecule has 0 saturated carbocycles. The van der Waals surface area contributed by atoms with Gasteiger partial charge in [0.2, 0.25) is 11.0 Å². The molecule has 2 unspecified atom stereocenters. The lowest BCUT2D eigenvalue weighted by atomic mass is 9.98. The molecule has 2 atom stereocenters. The number of amides is 1. The number of nitrogens with one attached hydrogen (secondary N) is 2. The Balaban J connectivity index is 1.51. The van der Waals surface area contributed by atoms with Crippen molar-refractivity contribution in [2.45, 2.75) is 18.2 Å². The number of Topliss-reactive ketones (excluding diaryl/α,β-unsaturated/α-hetero) is 1. The van der Waals surface area contributed by atoms with Gasteiger partial charge in [-0.15, -0.1) is 0 Å². The fourth-order valence-corrected chi connectivity index (χ4v) is 4.77. The smallest absolute Gasteiger partial charge is 0.251 e. The summed E-state index contributed by atoms with van der Waals surface area (Å²) in [5, 5.41) is 1.73. The molecule has 0 aliphatic carbocycles. The Hall–Kier alpha value is -2.94. The third kappa shape index (κ3) is 4.77. The third-order valence-electron chi connectivity index (χ3n) is 5.08. The molecule has 1 heterocycles. The zero-order chi connectivity index (χ0) is 22.8. The summed E-state index contributed by atoms with van der Waals surface area (Å²) in [5.41, 5.74) is 2.18. The molecule has 32 heavy (non-hydrogen) atoms. The van der Waals surface area contributed by atoms with Gasteiger partial charge in [0.1, 0.15) is 11.6 Å². The van der Waals surface area contributed by atoms with Gasteiger partial charge in [0.05, 0.1) is 27.6 Å². The van der Waals surface area contributed by atoms with E-state index in [4.69, 9.17) is 11.6 Å². The third-order valence-corrected chi connectivity index (χ3v) is 6.69. The number of fused-ring (bicyclic) bond motifs is 1. The number of hydrogen-bond donors (Lipinski definition) is 2. The minimum Gasteiger partial charge on any atom is -0.592 e. The highest BCUT2D eigenvalue weighted by Crippen LogP contribution is 2.30. The highest BCUT2D eigenvalue weighted by Gasteiger charge is 2.39. The summed E-state index contributed by atoms with van der Waals surface area (Å²) in [4.78, 5) is 25.6. The number of anilines is 1. The van der Waals surface area contributed by atoms with E-state index in [2.05, 4.69) is 10.0 Å². The van der Waals surface area contributed by atoms with Gasteiger partial charge in [-0.2, -0.15) is 0 Å². The lowest BCUT2D eigenvalue weighted by Gasteiger charge is -2.27. The van der Waals surface area contributed by atoms with E-state index in [1.807, 2.05) is 0 Å². The molecule has 0 fully saturated rings. The van der Waals surface area contributed by atoms with E-state index in [0.29, 0.717) is 11.3 Å². The van der Waals surface area contributed by atoms with Gasteiger partial charge in [-0.1, -0.05) is 29.8 Å². The fraction of sp³-hybridized carbons (Fsp3) is 0.130. The van der Waals surface area contributed by atoms with E-state index in [1.165, 1.54) is 48.5 Å². The summed E-state index contributed by atoms with van der Waals surface area (Å²) < 4.78 is 41.8. The summed E-state index contributed by atoms with van der Waals surface area (Å²) in [6.45, 7) is 0.195. The van der Waals surface area contributed by atoms with Crippen molar-refractivity contribution in [1.82, 2.24) is 5.32 Å². The fourth-order valence-electron chi connectivity index (χ4n) is 3.36. The molecule has 0 aromatic heterocycles. The molecule has 2 N–H and O–H groups in total. The van der Waals surface area contributed by atoms with Crippen LogP contribution >= 0.6 is 11.6 Å². The average Bonchev–Trinajstić information content (AvgIpc) is 2.78. The summed E-state index contributed by atoms with van der Waals surface area (Å²) in [6, 6.07) is 14.3. The molecule has 9 heteroatoms. The number of carbonyl (C=O) groups is 2. The van der Waals surface area contributed by atoms with Crippen molar-refractivity contribution < 1.29 is 22.9 Å². The average molecular weight is 475 g/mol. The van der Waals surface area contributed by atoms with Crippen LogP contribution in [0.5, 0.6) is 0 Å². The van der Waals surface area contributed by atoms with Gasteiger partial charge >= 0.3 is 0 Å². The second-order valence-electron chi connectivity index (χ2n) is 7.27. The van der Waals surface area contributed by atoms with Crippen LogP contribution in [-0.2, 0) is 24.3 Å². The van der Waals surface area contributed by atoms with Crippen LogP contribution in [0.2, 0.25) is 5.02 Å². The van der Waals surface area contributed by atoms with E-state index in [-0.39, 0.29) is 40.7 Å². The minimum absolute atomic E-state index is 0.0787. The lowest BCUT2D eigenvalue weighted by Crippen LogP contribution is -2.41. The highest BCUT2D eigenvalue weighted by molar-refractivity contribution is 7.94. The van der Waals surface area contributed by atoms with Crippen LogP contribution in [0.1, 0.15) is 31.8 Å².